The molecule has 0 aromatic carbocycles. The quantitative estimate of drug-likeness (QED) is 0.559. The van der Waals surface area contributed by atoms with E-state index in [1.54, 1.807) is 4.90 Å². The van der Waals surface area contributed by atoms with Crippen LogP contribution in [0.25, 0.3) is 0 Å². The van der Waals surface area contributed by atoms with Crippen molar-refractivity contribution in [3.63, 3.8) is 0 Å². The second kappa shape index (κ2) is 5.98. The third-order valence-corrected chi connectivity index (χ3v) is 2.54. The fourth-order valence-corrected chi connectivity index (χ4v) is 1.44. The molecule has 4 heteroatoms. The van der Waals surface area contributed by atoms with Crippen LogP contribution in [0.3, 0.4) is 0 Å². The number of morpholine rings is 1. The van der Waals surface area contributed by atoms with Gasteiger partial charge < -0.3 is 14.5 Å². The van der Waals surface area contributed by atoms with E-state index in [0.717, 1.165) is 45.7 Å². The maximum absolute atomic E-state index is 10.5. The lowest BCUT2D eigenvalue weighted by Gasteiger charge is -2.21. The minimum atomic E-state index is 0.292. The minimum Gasteiger partial charge on any atom is -0.379 e. The number of hydrogen-bond donors (Lipinski definition) is 0. The average molecular weight is 200 g/mol. The van der Waals surface area contributed by atoms with Crippen molar-refractivity contribution in [3.8, 4) is 0 Å². The van der Waals surface area contributed by atoms with Crippen LogP contribution in [0, 0.1) is 0 Å². The second-order valence-electron chi connectivity index (χ2n) is 3.83. The SMILES string of the molecule is CN1CCCC1=O.CN1CCOCC1. The van der Waals surface area contributed by atoms with Gasteiger partial charge in [0.05, 0.1) is 13.2 Å². The summed E-state index contributed by atoms with van der Waals surface area (Å²) in [6.45, 7) is 4.98. The van der Waals surface area contributed by atoms with Gasteiger partial charge in [0.25, 0.3) is 0 Å². The van der Waals surface area contributed by atoms with Crippen molar-refractivity contribution in [1.82, 2.24) is 9.80 Å². The Kier molecular flexibility index (Phi) is 4.90. The summed E-state index contributed by atoms with van der Waals surface area (Å²) in [7, 11) is 3.96. The summed E-state index contributed by atoms with van der Waals surface area (Å²) < 4.78 is 5.10. The summed E-state index contributed by atoms with van der Waals surface area (Å²) in [5.74, 6) is 0.292. The number of carbonyl (C=O) groups is 1. The van der Waals surface area contributed by atoms with Crippen molar-refractivity contribution in [2.45, 2.75) is 12.8 Å². The summed E-state index contributed by atoms with van der Waals surface area (Å²) in [5.41, 5.74) is 0. The molecule has 0 N–H and O–H groups in total. The van der Waals surface area contributed by atoms with Gasteiger partial charge in [-0.2, -0.15) is 0 Å². The van der Waals surface area contributed by atoms with Crippen molar-refractivity contribution in [2.75, 3.05) is 46.9 Å². The summed E-state index contributed by atoms with van der Waals surface area (Å²) >= 11 is 0. The van der Waals surface area contributed by atoms with E-state index >= 15 is 0 Å². The van der Waals surface area contributed by atoms with E-state index in [0.29, 0.717) is 5.91 Å². The molecular weight excluding hydrogens is 180 g/mol. The van der Waals surface area contributed by atoms with Gasteiger partial charge in [-0.25, -0.2) is 0 Å². The molecule has 1 amide bonds. The first-order chi connectivity index (χ1) is 6.70. The standard InChI is InChI=1S/C5H11NO.C5H9NO/c1-6-2-4-7-5-3-6;1-6-4-2-3-5(6)7/h2-5H2,1H3;2-4H2,1H3. The normalized spacial score (nSPS) is 23.3. The number of rotatable bonds is 0. The smallest absolute Gasteiger partial charge is 0.222 e. The molecule has 2 aliphatic heterocycles. The molecule has 2 heterocycles. The molecule has 0 aromatic heterocycles. The van der Waals surface area contributed by atoms with Gasteiger partial charge in [-0.3, -0.25) is 4.79 Å². The van der Waals surface area contributed by atoms with Crippen LogP contribution in [0.5, 0.6) is 0 Å². The van der Waals surface area contributed by atoms with Crippen LogP contribution in [0.4, 0.5) is 0 Å². The van der Waals surface area contributed by atoms with Gasteiger partial charge in [-0.15, -0.1) is 0 Å². The van der Waals surface area contributed by atoms with E-state index in [9.17, 15) is 4.79 Å². The Bertz CT molecular complexity index is 179. The molecule has 2 saturated heterocycles. The number of likely N-dealkylation sites (N-methyl/N-ethyl adjacent to an activating group) is 1. The van der Waals surface area contributed by atoms with Crippen LogP contribution in [0.1, 0.15) is 12.8 Å². The molecular formula is C10H20N2O2. The van der Waals surface area contributed by atoms with Gasteiger partial charge in [0.15, 0.2) is 0 Å². The number of hydrogen-bond acceptors (Lipinski definition) is 3. The Balaban J connectivity index is 0.000000140. The van der Waals surface area contributed by atoms with Crippen molar-refractivity contribution in [2.24, 2.45) is 0 Å². The van der Waals surface area contributed by atoms with E-state index < -0.39 is 0 Å². The monoisotopic (exact) mass is 200 g/mol. The molecule has 2 rings (SSSR count). The fraction of sp³-hybridized carbons (Fsp3) is 0.900. The van der Waals surface area contributed by atoms with Crippen LogP contribution in [0.2, 0.25) is 0 Å². The summed E-state index contributed by atoms with van der Waals surface area (Å²) in [6.07, 6.45) is 1.81. The number of carbonyl (C=O) groups excluding carboxylic acids is 1. The van der Waals surface area contributed by atoms with E-state index in [1.807, 2.05) is 7.05 Å². The molecule has 0 atom stereocenters. The lowest BCUT2D eigenvalue weighted by atomic mass is 10.4. The molecule has 14 heavy (non-hydrogen) atoms. The molecule has 0 aromatic rings. The molecule has 0 unspecified atom stereocenters. The van der Waals surface area contributed by atoms with Crippen molar-refractivity contribution < 1.29 is 9.53 Å². The third kappa shape index (κ3) is 4.07. The zero-order valence-corrected chi connectivity index (χ0v) is 9.16. The van der Waals surface area contributed by atoms with Crippen LogP contribution >= 0.6 is 0 Å². The van der Waals surface area contributed by atoms with Gasteiger partial charge >= 0.3 is 0 Å². The lowest BCUT2D eigenvalue weighted by Crippen LogP contribution is -2.32. The first-order valence-electron chi connectivity index (χ1n) is 5.20. The van der Waals surface area contributed by atoms with E-state index in [2.05, 4.69) is 11.9 Å². The molecule has 4 nitrogen and oxygen atoms in total. The number of likely N-dealkylation sites (tertiary alicyclic amines) is 1. The molecule has 0 radical (unpaired) electrons. The van der Waals surface area contributed by atoms with Crippen LogP contribution in [-0.4, -0.2) is 62.7 Å². The Hall–Kier alpha value is -0.610. The van der Waals surface area contributed by atoms with E-state index in [4.69, 9.17) is 4.74 Å². The predicted octanol–water partition coefficient (Wildman–Crippen LogP) is 0.187. The van der Waals surface area contributed by atoms with Gasteiger partial charge in [0, 0.05) is 33.1 Å². The van der Waals surface area contributed by atoms with Gasteiger partial charge in [-0.05, 0) is 13.5 Å². The van der Waals surface area contributed by atoms with Gasteiger partial charge in [-0.1, -0.05) is 0 Å². The molecule has 82 valence electrons. The number of ether oxygens (including phenoxy) is 1. The Morgan fingerprint density at radius 3 is 2.00 bits per heavy atom. The lowest BCUT2D eigenvalue weighted by molar-refractivity contribution is -0.126. The van der Waals surface area contributed by atoms with Crippen molar-refractivity contribution >= 4 is 5.91 Å². The maximum atomic E-state index is 10.5. The summed E-state index contributed by atoms with van der Waals surface area (Å²) in [4.78, 5) is 14.5. The molecule has 2 aliphatic rings. The largest absolute Gasteiger partial charge is 0.379 e. The average Bonchev–Trinajstić information content (AvgIpc) is 2.53. The van der Waals surface area contributed by atoms with Gasteiger partial charge in [0.1, 0.15) is 0 Å². The second-order valence-corrected chi connectivity index (χ2v) is 3.83. The summed E-state index contributed by atoms with van der Waals surface area (Å²) in [5, 5.41) is 0. The van der Waals surface area contributed by atoms with Gasteiger partial charge in [0.2, 0.25) is 5.91 Å². The summed E-state index contributed by atoms with van der Waals surface area (Å²) in [6, 6.07) is 0. The highest BCUT2D eigenvalue weighted by atomic mass is 16.5. The van der Waals surface area contributed by atoms with Crippen molar-refractivity contribution in [3.05, 3.63) is 0 Å². The third-order valence-electron chi connectivity index (χ3n) is 2.54. The van der Waals surface area contributed by atoms with Crippen molar-refractivity contribution in [1.29, 1.82) is 0 Å². The number of amides is 1. The first-order valence-corrected chi connectivity index (χ1v) is 5.20. The highest BCUT2D eigenvalue weighted by Gasteiger charge is 2.14. The Morgan fingerprint density at radius 1 is 1.14 bits per heavy atom. The zero-order chi connectivity index (χ0) is 10.4. The predicted molar refractivity (Wildman–Crippen MR) is 55.2 cm³/mol. The van der Waals surface area contributed by atoms with E-state index in [1.165, 1.54) is 0 Å². The maximum Gasteiger partial charge on any atom is 0.222 e. The Morgan fingerprint density at radius 2 is 1.79 bits per heavy atom. The van der Waals surface area contributed by atoms with Crippen LogP contribution < -0.4 is 0 Å². The molecule has 0 saturated carbocycles. The topological polar surface area (TPSA) is 32.8 Å². The molecule has 0 bridgehead atoms. The van der Waals surface area contributed by atoms with Crippen LogP contribution in [-0.2, 0) is 9.53 Å². The molecule has 0 spiro atoms. The zero-order valence-electron chi connectivity index (χ0n) is 9.16. The fourth-order valence-electron chi connectivity index (χ4n) is 1.44. The molecule has 2 fully saturated rings. The molecule has 0 aliphatic carbocycles. The van der Waals surface area contributed by atoms with Crippen LogP contribution in [0.15, 0.2) is 0 Å². The van der Waals surface area contributed by atoms with E-state index in [-0.39, 0.29) is 0 Å². The minimum absolute atomic E-state index is 0.292. The highest BCUT2D eigenvalue weighted by Crippen LogP contribution is 2.04. The number of nitrogens with zero attached hydrogens (tertiary/aromatic N) is 2. The Labute approximate surface area is 85.8 Å². The highest BCUT2D eigenvalue weighted by molar-refractivity contribution is 5.77. The first kappa shape index (κ1) is 11.5.